The Balaban J connectivity index is 0.00000182. The van der Waals surface area contributed by atoms with Crippen LogP contribution in [0.3, 0.4) is 0 Å². The maximum Gasteiger partial charge on any atom is 0.252 e. The van der Waals surface area contributed by atoms with Gasteiger partial charge in [-0.2, -0.15) is 5.10 Å². The van der Waals surface area contributed by atoms with E-state index in [0.29, 0.717) is 31.2 Å². The molecule has 1 aliphatic rings. The van der Waals surface area contributed by atoms with E-state index in [1.165, 1.54) is 0 Å². The molecule has 0 bridgehead atoms. The molecule has 0 radical (unpaired) electrons. The van der Waals surface area contributed by atoms with Gasteiger partial charge in [0.25, 0.3) is 5.91 Å². The number of pyridine rings is 1. The number of nitrogens with zero attached hydrogens (tertiary/aromatic N) is 3. The standard InChI is InChI=1S/C18H27N5O2.2ClH/c1-12(2)23-17-15(11-21-23)14(10-16(22-17)13-4-5-13)18(24)20-7-6-19-8-9-25-3;;/h10-13,19H,4-9H2,1-3H3,(H,20,24);2*1H. The van der Waals surface area contributed by atoms with Gasteiger partial charge in [-0.05, 0) is 32.8 Å². The number of hydrogen-bond acceptors (Lipinski definition) is 5. The number of carbonyl (C=O) groups excluding carboxylic acids is 1. The third-order valence-corrected chi connectivity index (χ3v) is 4.39. The summed E-state index contributed by atoms with van der Waals surface area (Å²) in [4.78, 5) is 17.5. The highest BCUT2D eigenvalue weighted by Crippen LogP contribution is 2.40. The zero-order chi connectivity index (χ0) is 17.8. The number of rotatable bonds is 9. The normalized spacial score (nSPS) is 13.3. The third kappa shape index (κ3) is 5.78. The van der Waals surface area contributed by atoms with E-state index in [1.54, 1.807) is 13.3 Å². The molecule has 2 heterocycles. The zero-order valence-electron chi connectivity index (χ0n) is 16.0. The van der Waals surface area contributed by atoms with Crippen LogP contribution in [0.15, 0.2) is 12.3 Å². The Labute approximate surface area is 172 Å². The summed E-state index contributed by atoms with van der Waals surface area (Å²) in [6, 6.07) is 2.15. The average Bonchev–Trinajstić information content (AvgIpc) is 3.35. The Morgan fingerprint density at radius 1 is 1.30 bits per heavy atom. The highest BCUT2D eigenvalue weighted by molar-refractivity contribution is 6.05. The van der Waals surface area contributed by atoms with Crippen molar-refractivity contribution in [2.45, 2.75) is 38.6 Å². The molecule has 1 saturated carbocycles. The molecule has 1 amide bonds. The fraction of sp³-hybridized carbons (Fsp3) is 0.611. The lowest BCUT2D eigenvalue weighted by Crippen LogP contribution is -2.33. The van der Waals surface area contributed by atoms with Gasteiger partial charge in [-0.15, -0.1) is 24.8 Å². The number of ether oxygens (including phenoxy) is 1. The summed E-state index contributed by atoms with van der Waals surface area (Å²) in [6.07, 6.45) is 4.06. The van der Waals surface area contributed by atoms with Gasteiger partial charge < -0.3 is 15.4 Å². The Kier molecular flexibility index (Phi) is 9.45. The molecule has 27 heavy (non-hydrogen) atoms. The largest absolute Gasteiger partial charge is 0.383 e. The van der Waals surface area contributed by atoms with E-state index in [4.69, 9.17) is 9.72 Å². The fourth-order valence-electron chi connectivity index (χ4n) is 2.85. The molecule has 0 saturated heterocycles. The van der Waals surface area contributed by atoms with Crippen LogP contribution in [0.25, 0.3) is 11.0 Å². The van der Waals surface area contributed by atoms with Gasteiger partial charge in [0, 0.05) is 44.4 Å². The molecule has 7 nitrogen and oxygen atoms in total. The molecule has 0 atom stereocenters. The van der Waals surface area contributed by atoms with Crippen LogP contribution in [-0.2, 0) is 4.74 Å². The maximum absolute atomic E-state index is 12.7. The lowest BCUT2D eigenvalue weighted by atomic mass is 10.1. The summed E-state index contributed by atoms with van der Waals surface area (Å²) < 4.78 is 6.88. The van der Waals surface area contributed by atoms with E-state index in [9.17, 15) is 4.79 Å². The molecule has 152 valence electrons. The highest BCUT2D eigenvalue weighted by atomic mass is 35.5. The average molecular weight is 418 g/mol. The smallest absolute Gasteiger partial charge is 0.252 e. The first-order valence-electron chi connectivity index (χ1n) is 8.97. The Morgan fingerprint density at radius 3 is 2.67 bits per heavy atom. The van der Waals surface area contributed by atoms with Gasteiger partial charge in [-0.25, -0.2) is 9.67 Å². The van der Waals surface area contributed by atoms with Crippen molar-refractivity contribution in [3.63, 3.8) is 0 Å². The van der Waals surface area contributed by atoms with Gasteiger partial charge in [0.05, 0.1) is 23.8 Å². The lowest BCUT2D eigenvalue weighted by molar-refractivity contribution is 0.0955. The zero-order valence-corrected chi connectivity index (χ0v) is 17.7. The molecule has 9 heteroatoms. The summed E-state index contributed by atoms with van der Waals surface area (Å²) in [5, 5.41) is 11.5. The van der Waals surface area contributed by atoms with Crippen LogP contribution < -0.4 is 10.6 Å². The number of nitrogens with one attached hydrogen (secondary N) is 2. The Morgan fingerprint density at radius 2 is 2.04 bits per heavy atom. The van der Waals surface area contributed by atoms with Crippen molar-refractivity contribution in [2.75, 3.05) is 33.4 Å². The van der Waals surface area contributed by atoms with E-state index >= 15 is 0 Å². The van der Waals surface area contributed by atoms with Crippen LogP contribution in [0.4, 0.5) is 0 Å². The van der Waals surface area contributed by atoms with E-state index in [-0.39, 0.29) is 36.8 Å². The summed E-state index contributed by atoms with van der Waals surface area (Å²) in [6.45, 7) is 6.87. The summed E-state index contributed by atoms with van der Waals surface area (Å²) in [7, 11) is 1.67. The van der Waals surface area contributed by atoms with Gasteiger partial charge in [0.2, 0.25) is 0 Å². The number of fused-ring (bicyclic) bond motifs is 1. The van der Waals surface area contributed by atoms with Crippen molar-refractivity contribution in [2.24, 2.45) is 0 Å². The minimum absolute atomic E-state index is 0. The molecule has 0 aliphatic heterocycles. The second kappa shape index (κ2) is 10.8. The SMILES string of the molecule is COCCNCCNC(=O)c1cc(C2CC2)nc2c1cnn2C(C)C.Cl.Cl. The molecular formula is C18H29Cl2N5O2. The van der Waals surface area contributed by atoms with Crippen molar-refractivity contribution in [3.05, 3.63) is 23.5 Å². The molecule has 1 fully saturated rings. The van der Waals surface area contributed by atoms with Crippen LogP contribution in [0, 0.1) is 0 Å². The number of hydrogen-bond donors (Lipinski definition) is 2. The third-order valence-electron chi connectivity index (χ3n) is 4.39. The molecule has 0 unspecified atom stereocenters. The molecule has 2 aromatic heterocycles. The number of aromatic nitrogens is 3. The lowest BCUT2D eigenvalue weighted by Gasteiger charge is -2.11. The van der Waals surface area contributed by atoms with E-state index in [2.05, 4.69) is 29.6 Å². The molecule has 3 rings (SSSR count). The van der Waals surface area contributed by atoms with Crippen LogP contribution in [0.2, 0.25) is 0 Å². The van der Waals surface area contributed by atoms with E-state index in [1.807, 2.05) is 10.7 Å². The van der Waals surface area contributed by atoms with E-state index in [0.717, 1.165) is 36.1 Å². The Hall–Kier alpha value is -1.41. The monoisotopic (exact) mass is 417 g/mol. The second-order valence-electron chi connectivity index (χ2n) is 6.79. The topological polar surface area (TPSA) is 81.1 Å². The van der Waals surface area contributed by atoms with Crippen molar-refractivity contribution < 1.29 is 9.53 Å². The molecular weight excluding hydrogens is 389 g/mol. The first kappa shape index (κ1) is 23.6. The second-order valence-corrected chi connectivity index (χ2v) is 6.79. The van der Waals surface area contributed by atoms with Crippen molar-refractivity contribution >= 4 is 41.8 Å². The quantitative estimate of drug-likeness (QED) is 0.612. The molecule has 0 aromatic carbocycles. The van der Waals surface area contributed by atoms with Crippen LogP contribution in [0.1, 0.15) is 54.7 Å². The van der Waals surface area contributed by atoms with Crippen LogP contribution in [0.5, 0.6) is 0 Å². The van der Waals surface area contributed by atoms with Gasteiger partial charge in [-0.3, -0.25) is 4.79 Å². The van der Waals surface area contributed by atoms with Gasteiger partial charge in [-0.1, -0.05) is 0 Å². The first-order valence-corrected chi connectivity index (χ1v) is 8.97. The Bertz CT molecular complexity index is 747. The maximum atomic E-state index is 12.7. The van der Waals surface area contributed by atoms with Crippen molar-refractivity contribution in [3.8, 4) is 0 Å². The number of carbonyl (C=O) groups is 1. The van der Waals surface area contributed by atoms with Gasteiger partial charge >= 0.3 is 0 Å². The predicted octanol–water partition coefficient (Wildman–Crippen LogP) is 2.70. The molecule has 2 aromatic rings. The summed E-state index contributed by atoms with van der Waals surface area (Å²) >= 11 is 0. The van der Waals surface area contributed by atoms with Gasteiger partial charge in [0.15, 0.2) is 5.65 Å². The first-order chi connectivity index (χ1) is 12.1. The van der Waals surface area contributed by atoms with Crippen molar-refractivity contribution in [1.29, 1.82) is 0 Å². The molecule has 0 spiro atoms. The number of amides is 1. The number of halogens is 2. The fourth-order valence-corrected chi connectivity index (χ4v) is 2.85. The van der Waals surface area contributed by atoms with Crippen LogP contribution >= 0.6 is 24.8 Å². The minimum atomic E-state index is -0.0638. The van der Waals surface area contributed by atoms with Crippen LogP contribution in [-0.4, -0.2) is 54.0 Å². The minimum Gasteiger partial charge on any atom is -0.383 e. The molecule has 2 N–H and O–H groups in total. The summed E-state index contributed by atoms with van der Waals surface area (Å²) in [5.41, 5.74) is 2.50. The van der Waals surface area contributed by atoms with Crippen molar-refractivity contribution in [1.82, 2.24) is 25.4 Å². The molecule has 1 aliphatic carbocycles. The summed E-state index contributed by atoms with van der Waals surface area (Å²) in [5.74, 6) is 0.424. The number of methoxy groups -OCH3 is 1. The van der Waals surface area contributed by atoms with E-state index < -0.39 is 0 Å². The predicted molar refractivity (Wildman–Crippen MR) is 111 cm³/mol. The van der Waals surface area contributed by atoms with Gasteiger partial charge in [0.1, 0.15) is 0 Å². The highest BCUT2D eigenvalue weighted by Gasteiger charge is 2.28.